The highest BCUT2D eigenvalue weighted by molar-refractivity contribution is 5.78. The molecule has 1 atom stereocenters. The number of hydrogen-bond acceptors (Lipinski definition) is 4. The minimum Gasteiger partial charge on any atom is -0.381 e. The van der Waals surface area contributed by atoms with Gasteiger partial charge in [-0.1, -0.05) is 6.07 Å². The fraction of sp³-hybridized carbons (Fsp3) is 0.471. The molecule has 0 N–H and O–H groups in total. The maximum Gasteiger partial charge on any atom is 0.228 e. The summed E-state index contributed by atoms with van der Waals surface area (Å²) in [7, 11) is 0. The summed E-state index contributed by atoms with van der Waals surface area (Å²) in [5.74, 6) is 0.373. The van der Waals surface area contributed by atoms with Crippen LogP contribution in [0.5, 0.6) is 0 Å². The van der Waals surface area contributed by atoms with E-state index in [0.717, 1.165) is 17.9 Å². The third-order valence-electron chi connectivity index (χ3n) is 4.05. The van der Waals surface area contributed by atoms with E-state index in [9.17, 15) is 4.79 Å². The van der Waals surface area contributed by atoms with E-state index in [4.69, 9.17) is 4.74 Å². The van der Waals surface area contributed by atoms with Crippen molar-refractivity contribution in [2.24, 2.45) is 5.92 Å². The van der Waals surface area contributed by atoms with Gasteiger partial charge in [0.1, 0.15) is 0 Å². The quantitative estimate of drug-likeness (QED) is 0.839. The molecular weight excluding hydrogens is 292 g/mol. The largest absolute Gasteiger partial charge is 0.381 e. The Bertz CT molecular complexity index is 641. The van der Waals surface area contributed by atoms with E-state index in [2.05, 4.69) is 14.5 Å². The lowest BCUT2D eigenvalue weighted by molar-refractivity contribution is -0.132. The van der Waals surface area contributed by atoms with Crippen LogP contribution in [0, 0.1) is 5.92 Å². The van der Waals surface area contributed by atoms with Crippen LogP contribution in [0.4, 0.5) is 0 Å². The van der Waals surface area contributed by atoms with E-state index in [1.807, 2.05) is 42.5 Å². The van der Waals surface area contributed by atoms with Gasteiger partial charge in [-0.05, 0) is 19.1 Å². The first-order valence-corrected chi connectivity index (χ1v) is 8.00. The van der Waals surface area contributed by atoms with Crippen molar-refractivity contribution >= 4 is 5.91 Å². The first kappa shape index (κ1) is 15.7. The minimum atomic E-state index is 0.0971. The Kier molecular flexibility index (Phi) is 5.02. The lowest BCUT2D eigenvalue weighted by atomic mass is 10.1. The molecule has 6 heteroatoms. The van der Waals surface area contributed by atoms with Crippen LogP contribution in [-0.4, -0.2) is 45.1 Å². The molecule has 0 spiro atoms. The van der Waals surface area contributed by atoms with Crippen molar-refractivity contribution < 1.29 is 9.53 Å². The third kappa shape index (κ3) is 3.96. The third-order valence-corrected chi connectivity index (χ3v) is 4.05. The minimum absolute atomic E-state index is 0.0971. The van der Waals surface area contributed by atoms with E-state index in [1.54, 1.807) is 6.20 Å². The van der Waals surface area contributed by atoms with Gasteiger partial charge in [0.25, 0.3) is 0 Å². The van der Waals surface area contributed by atoms with Crippen molar-refractivity contribution in [3.63, 3.8) is 0 Å². The maximum atomic E-state index is 12.7. The Labute approximate surface area is 136 Å². The number of ether oxygens (including phenoxy) is 1. The topological polar surface area (TPSA) is 60.2 Å². The predicted octanol–water partition coefficient (Wildman–Crippen LogP) is 1.52. The Balaban J connectivity index is 1.73. The number of amides is 1. The summed E-state index contributed by atoms with van der Waals surface area (Å²) in [5, 5.41) is 0. The van der Waals surface area contributed by atoms with Gasteiger partial charge in [0, 0.05) is 43.7 Å². The van der Waals surface area contributed by atoms with Crippen LogP contribution in [0.15, 0.2) is 36.9 Å². The smallest absolute Gasteiger partial charge is 0.228 e. The van der Waals surface area contributed by atoms with E-state index < -0.39 is 0 Å². The number of aromatic nitrogens is 3. The molecule has 0 radical (unpaired) electrons. The number of pyridine rings is 1. The van der Waals surface area contributed by atoms with Crippen molar-refractivity contribution in [2.75, 3.05) is 19.8 Å². The van der Waals surface area contributed by atoms with E-state index in [1.165, 1.54) is 0 Å². The zero-order chi connectivity index (χ0) is 16.1. The molecule has 1 aliphatic heterocycles. The highest BCUT2D eigenvalue weighted by atomic mass is 16.5. The van der Waals surface area contributed by atoms with Gasteiger partial charge in [-0.3, -0.25) is 9.78 Å². The van der Waals surface area contributed by atoms with Crippen LogP contribution < -0.4 is 0 Å². The maximum absolute atomic E-state index is 12.7. The number of carbonyl (C=O) groups excluding carboxylic acids is 1. The summed E-state index contributed by atoms with van der Waals surface area (Å²) in [6.07, 6.45) is 5.72. The lowest BCUT2D eigenvalue weighted by Gasteiger charge is -2.24. The second-order valence-electron chi connectivity index (χ2n) is 5.83. The second-order valence-corrected chi connectivity index (χ2v) is 5.83. The van der Waals surface area contributed by atoms with Gasteiger partial charge in [-0.15, -0.1) is 0 Å². The molecule has 0 aliphatic carbocycles. The van der Waals surface area contributed by atoms with Crippen molar-refractivity contribution in [3.05, 3.63) is 48.3 Å². The summed E-state index contributed by atoms with van der Waals surface area (Å²) in [6.45, 7) is 5.46. The standard InChI is InChI=1S/C17H22N4O2/c1-2-23-12-14-9-20(11-16-8-18-13-21(16)10-14)17(22)7-15-5-3-4-6-19-15/h3-6,8,13-14H,2,7,9-12H2,1H3/t14-/m1/s1. The molecule has 0 bridgehead atoms. The molecule has 122 valence electrons. The van der Waals surface area contributed by atoms with Gasteiger partial charge in [0.05, 0.1) is 31.6 Å². The monoisotopic (exact) mass is 314 g/mol. The van der Waals surface area contributed by atoms with Gasteiger partial charge in [-0.25, -0.2) is 4.98 Å². The zero-order valence-electron chi connectivity index (χ0n) is 13.4. The molecule has 0 saturated heterocycles. The molecule has 23 heavy (non-hydrogen) atoms. The molecule has 3 rings (SSSR count). The second kappa shape index (κ2) is 7.37. The van der Waals surface area contributed by atoms with Crippen LogP contribution in [0.1, 0.15) is 18.3 Å². The molecule has 2 aromatic heterocycles. The fourth-order valence-electron chi connectivity index (χ4n) is 2.90. The molecule has 1 amide bonds. The van der Waals surface area contributed by atoms with Gasteiger partial charge >= 0.3 is 0 Å². The van der Waals surface area contributed by atoms with Gasteiger partial charge < -0.3 is 14.2 Å². The number of carbonyl (C=O) groups is 1. The summed E-state index contributed by atoms with van der Waals surface area (Å²) < 4.78 is 7.71. The van der Waals surface area contributed by atoms with E-state index in [-0.39, 0.29) is 11.8 Å². The van der Waals surface area contributed by atoms with Gasteiger partial charge in [0.15, 0.2) is 0 Å². The van der Waals surface area contributed by atoms with Crippen LogP contribution in [-0.2, 0) is 29.0 Å². The molecule has 0 aromatic carbocycles. The molecular formula is C17H22N4O2. The van der Waals surface area contributed by atoms with Crippen LogP contribution in [0.2, 0.25) is 0 Å². The normalized spacial score (nSPS) is 17.6. The average molecular weight is 314 g/mol. The van der Waals surface area contributed by atoms with Crippen LogP contribution in [0.3, 0.4) is 0 Å². The van der Waals surface area contributed by atoms with E-state index in [0.29, 0.717) is 32.7 Å². The number of hydrogen-bond donors (Lipinski definition) is 0. The molecule has 2 aromatic rings. The predicted molar refractivity (Wildman–Crippen MR) is 85.6 cm³/mol. The van der Waals surface area contributed by atoms with Crippen molar-refractivity contribution in [1.82, 2.24) is 19.4 Å². The molecule has 0 unspecified atom stereocenters. The average Bonchev–Trinajstić information content (AvgIpc) is 2.92. The Morgan fingerprint density at radius 1 is 1.39 bits per heavy atom. The molecule has 0 saturated carbocycles. The Morgan fingerprint density at radius 2 is 2.30 bits per heavy atom. The highest BCUT2D eigenvalue weighted by Crippen LogP contribution is 2.17. The fourth-order valence-corrected chi connectivity index (χ4v) is 2.90. The first-order chi connectivity index (χ1) is 11.3. The Hall–Kier alpha value is -2.21. The zero-order valence-corrected chi connectivity index (χ0v) is 13.4. The van der Waals surface area contributed by atoms with Crippen molar-refractivity contribution in [2.45, 2.75) is 26.4 Å². The van der Waals surface area contributed by atoms with Crippen molar-refractivity contribution in [3.8, 4) is 0 Å². The van der Waals surface area contributed by atoms with Crippen LogP contribution in [0.25, 0.3) is 0 Å². The number of imidazole rings is 1. The summed E-state index contributed by atoms with van der Waals surface area (Å²) in [6, 6.07) is 5.65. The number of rotatable bonds is 5. The van der Waals surface area contributed by atoms with E-state index >= 15 is 0 Å². The Morgan fingerprint density at radius 3 is 3.09 bits per heavy atom. The van der Waals surface area contributed by atoms with Gasteiger partial charge in [0.2, 0.25) is 5.91 Å². The molecule has 0 fully saturated rings. The van der Waals surface area contributed by atoms with Crippen molar-refractivity contribution in [1.29, 1.82) is 0 Å². The number of nitrogens with zero attached hydrogens (tertiary/aromatic N) is 4. The lowest BCUT2D eigenvalue weighted by Crippen LogP contribution is -2.36. The molecule has 3 heterocycles. The highest BCUT2D eigenvalue weighted by Gasteiger charge is 2.25. The summed E-state index contributed by atoms with van der Waals surface area (Å²) in [4.78, 5) is 23.0. The van der Waals surface area contributed by atoms with Crippen LogP contribution >= 0.6 is 0 Å². The van der Waals surface area contributed by atoms with Gasteiger partial charge in [-0.2, -0.15) is 0 Å². The first-order valence-electron chi connectivity index (χ1n) is 8.00. The molecule has 6 nitrogen and oxygen atoms in total. The number of fused-ring (bicyclic) bond motifs is 1. The molecule has 1 aliphatic rings. The SMILES string of the molecule is CCOC[C@@H]1CN(C(=O)Cc2ccccn2)Cc2cncn2C1. The summed E-state index contributed by atoms with van der Waals surface area (Å²) >= 11 is 0. The summed E-state index contributed by atoms with van der Waals surface area (Å²) in [5.41, 5.74) is 1.87.